The highest BCUT2D eigenvalue weighted by Crippen LogP contribution is 1.94. The van der Waals surface area contributed by atoms with Crippen LogP contribution >= 0.6 is 0 Å². The van der Waals surface area contributed by atoms with E-state index in [1.54, 1.807) is 21.0 Å². The van der Waals surface area contributed by atoms with E-state index in [4.69, 9.17) is 4.74 Å². The Balaban J connectivity index is 3.77. The molecule has 11 heavy (non-hydrogen) atoms. The van der Waals surface area contributed by atoms with Crippen molar-refractivity contribution < 1.29 is 9.77 Å². The zero-order valence-electron chi connectivity index (χ0n) is 7.11. The molecular weight excluding hydrogens is 148 g/mol. The third-order valence-corrected chi connectivity index (χ3v) is 1.47. The zero-order chi connectivity index (χ0) is 8.85. The molecule has 0 radical (unpaired) electrons. The second kappa shape index (κ2) is 4.90. The third-order valence-electron chi connectivity index (χ3n) is 1.47. The van der Waals surface area contributed by atoms with Crippen LogP contribution in [0, 0.1) is 10.1 Å². The van der Waals surface area contributed by atoms with Crippen LogP contribution in [0.2, 0.25) is 0 Å². The number of rotatable bonds is 5. The van der Waals surface area contributed by atoms with Crippen LogP contribution in [0.15, 0.2) is 0 Å². The molecule has 0 heterocycles. The average molecular weight is 162 g/mol. The second-order valence-corrected chi connectivity index (χ2v) is 2.29. The van der Waals surface area contributed by atoms with Gasteiger partial charge in [0.15, 0.2) is 5.03 Å². The Morgan fingerprint density at radius 2 is 2.27 bits per heavy atom. The van der Waals surface area contributed by atoms with Gasteiger partial charge in [-0.1, -0.05) is 0 Å². The van der Waals surface area contributed by atoms with Gasteiger partial charge in [0.2, 0.25) is 0 Å². The van der Waals surface area contributed by atoms with Crippen LogP contribution in [0.4, 0.5) is 0 Å². The first kappa shape index (κ1) is 10.2. The molecule has 0 aromatic rings. The quantitative estimate of drug-likeness (QED) is 0.437. The van der Waals surface area contributed by atoms with Crippen molar-refractivity contribution in [2.75, 3.05) is 20.2 Å². The highest BCUT2D eigenvalue weighted by molar-refractivity contribution is 4.51. The summed E-state index contributed by atoms with van der Waals surface area (Å²) in [5.74, 6) is 0. The Hall–Kier alpha value is -0.840. The number of hydrogen-bond acceptors (Lipinski definition) is 3. The number of hydrazine groups is 1. The molecule has 1 atom stereocenters. The molecule has 0 saturated carbocycles. The van der Waals surface area contributed by atoms with Crippen molar-refractivity contribution in [3.05, 3.63) is 10.1 Å². The number of nitro groups is 1. The molecule has 5 heteroatoms. The van der Waals surface area contributed by atoms with Crippen LogP contribution in [0.5, 0.6) is 0 Å². The van der Waals surface area contributed by atoms with E-state index in [0.29, 0.717) is 13.1 Å². The molecule has 0 rings (SSSR count). The van der Waals surface area contributed by atoms with Gasteiger partial charge in [-0.05, 0) is 13.8 Å². The van der Waals surface area contributed by atoms with E-state index in [1.807, 2.05) is 0 Å². The molecule has 1 unspecified atom stereocenters. The summed E-state index contributed by atoms with van der Waals surface area (Å²) >= 11 is 0. The Morgan fingerprint density at radius 3 is 2.55 bits per heavy atom. The molecule has 0 N–H and O–H groups in total. The lowest BCUT2D eigenvalue weighted by molar-refractivity contribution is -0.656. The van der Waals surface area contributed by atoms with E-state index < -0.39 is 5.03 Å². The zero-order valence-corrected chi connectivity index (χ0v) is 7.11. The molecule has 0 amide bonds. The fraction of sp³-hybridized carbons (Fsp3) is 1.00. The molecule has 0 aliphatic heterocycles. The number of nitrogens with zero attached hydrogens (tertiary/aromatic N) is 2. The maximum absolute atomic E-state index is 10.3. The highest BCUT2D eigenvalue weighted by atomic mass is 16.7. The number of hydrogen-bond donors (Lipinski definition) is 0. The van der Waals surface area contributed by atoms with E-state index in [1.165, 1.54) is 0 Å². The Morgan fingerprint density at radius 1 is 1.73 bits per heavy atom. The van der Waals surface area contributed by atoms with E-state index >= 15 is 0 Å². The van der Waals surface area contributed by atoms with Crippen molar-refractivity contribution in [2.24, 2.45) is 0 Å². The predicted octanol–water partition coefficient (Wildman–Crippen LogP) is 0.535. The SMILES string of the molecule is CCN(CC(C)OC)[N+](=O)[O-]. The van der Waals surface area contributed by atoms with E-state index in [0.717, 1.165) is 5.01 Å². The molecule has 0 aromatic carbocycles. The standard InChI is InChI=1S/C6H14N2O3/c1-4-7(8(9)10)5-6(2)11-3/h6H,4-5H2,1-3H3. The van der Waals surface area contributed by atoms with Gasteiger partial charge in [0, 0.05) is 7.11 Å². The van der Waals surface area contributed by atoms with Crippen LogP contribution in [-0.4, -0.2) is 36.3 Å². The normalized spacial score (nSPS) is 12.6. The van der Waals surface area contributed by atoms with Crippen molar-refractivity contribution in [3.8, 4) is 0 Å². The lowest BCUT2D eigenvalue weighted by atomic mass is 10.4. The molecule has 0 fully saturated rings. The highest BCUT2D eigenvalue weighted by Gasteiger charge is 2.14. The summed E-state index contributed by atoms with van der Waals surface area (Å²) in [6, 6.07) is 0. The average Bonchev–Trinajstić information content (AvgIpc) is 1.99. The van der Waals surface area contributed by atoms with Crippen molar-refractivity contribution in [1.29, 1.82) is 0 Å². The Kier molecular flexibility index (Phi) is 4.52. The summed E-state index contributed by atoms with van der Waals surface area (Å²) in [4.78, 5) is 10.3. The minimum absolute atomic E-state index is 0.0969. The molecule has 5 nitrogen and oxygen atoms in total. The monoisotopic (exact) mass is 162 g/mol. The second-order valence-electron chi connectivity index (χ2n) is 2.29. The van der Waals surface area contributed by atoms with Gasteiger partial charge >= 0.3 is 0 Å². The van der Waals surface area contributed by atoms with Crippen LogP contribution in [0.1, 0.15) is 13.8 Å². The van der Waals surface area contributed by atoms with Crippen LogP contribution in [0.25, 0.3) is 0 Å². The molecule has 0 aromatic heterocycles. The molecule has 0 spiro atoms. The molecule has 0 saturated heterocycles. The van der Waals surface area contributed by atoms with E-state index in [2.05, 4.69) is 0 Å². The summed E-state index contributed by atoms with van der Waals surface area (Å²) < 4.78 is 4.89. The van der Waals surface area contributed by atoms with E-state index in [9.17, 15) is 10.1 Å². The van der Waals surface area contributed by atoms with E-state index in [-0.39, 0.29) is 6.10 Å². The first-order valence-corrected chi connectivity index (χ1v) is 3.53. The van der Waals surface area contributed by atoms with Crippen LogP contribution in [-0.2, 0) is 4.74 Å². The maximum atomic E-state index is 10.3. The molecular formula is C6H14N2O3. The number of ether oxygens (including phenoxy) is 1. The lowest BCUT2D eigenvalue weighted by Gasteiger charge is -2.15. The van der Waals surface area contributed by atoms with Gasteiger partial charge < -0.3 is 4.74 Å². The molecule has 0 bridgehead atoms. The fourth-order valence-electron chi connectivity index (χ4n) is 0.683. The fourth-order valence-corrected chi connectivity index (χ4v) is 0.683. The van der Waals surface area contributed by atoms with Gasteiger partial charge in [0.05, 0.1) is 12.6 Å². The summed E-state index contributed by atoms with van der Waals surface area (Å²) in [5, 5.41) is 11.0. The Bertz CT molecular complexity index is 129. The summed E-state index contributed by atoms with van der Waals surface area (Å²) in [7, 11) is 1.54. The topological polar surface area (TPSA) is 55.6 Å². The molecule has 0 aliphatic carbocycles. The Labute approximate surface area is 66.1 Å². The van der Waals surface area contributed by atoms with Gasteiger partial charge in [-0.2, -0.15) is 0 Å². The number of methoxy groups -OCH3 is 1. The molecule has 66 valence electrons. The van der Waals surface area contributed by atoms with Gasteiger partial charge in [-0.15, -0.1) is 5.01 Å². The van der Waals surface area contributed by atoms with Gasteiger partial charge in [0.25, 0.3) is 0 Å². The van der Waals surface area contributed by atoms with Crippen molar-refractivity contribution >= 4 is 0 Å². The van der Waals surface area contributed by atoms with Gasteiger partial charge in [0.1, 0.15) is 6.54 Å². The van der Waals surface area contributed by atoms with Crippen molar-refractivity contribution in [1.82, 2.24) is 5.01 Å². The van der Waals surface area contributed by atoms with Crippen LogP contribution < -0.4 is 0 Å². The minimum atomic E-state index is -0.407. The summed E-state index contributed by atoms with van der Waals surface area (Å²) in [5.41, 5.74) is 0. The third kappa shape index (κ3) is 3.77. The van der Waals surface area contributed by atoms with Gasteiger partial charge in [-0.25, -0.2) is 10.1 Å². The predicted molar refractivity (Wildman–Crippen MR) is 40.7 cm³/mol. The first-order valence-electron chi connectivity index (χ1n) is 3.53. The van der Waals surface area contributed by atoms with Crippen molar-refractivity contribution in [3.63, 3.8) is 0 Å². The molecule has 0 aliphatic rings. The smallest absolute Gasteiger partial charge is 0.160 e. The van der Waals surface area contributed by atoms with Crippen LogP contribution in [0.3, 0.4) is 0 Å². The maximum Gasteiger partial charge on any atom is 0.160 e. The summed E-state index contributed by atoms with van der Waals surface area (Å²) in [6.07, 6.45) is -0.0969. The summed E-state index contributed by atoms with van der Waals surface area (Å²) in [6.45, 7) is 4.28. The van der Waals surface area contributed by atoms with Gasteiger partial charge in [-0.3, -0.25) is 0 Å². The minimum Gasteiger partial charge on any atom is -0.380 e. The largest absolute Gasteiger partial charge is 0.380 e. The first-order chi connectivity index (χ1) is 5.11. The van der Waals surface area contributed by atoms with Crippen molar-refractivity contribution in [2.45, 2.75) is 20.0 Å². The number of likely N-dealkylation sites (N-methyl/N-ethyl adjacent to an activating group) is 1. The lowest BCUT2D eigenvalue weighted by Crippen LogP contribution is -2.36.